The minimum Gasteiger partial charge on any atom is -0.465 e. The van der Waals surface area contributed by atoms with Crippen LogP contribution in [0, 0.1) is 0 Å². The zero-order valence-electron chi connectivity index (χ0n) is 16.3. The van der Waals surface area contributed by atoms with Gasteiger partial charge in [0.25, 0.3) is 0 Å². The molecule has 0 aliphatic carbocycles. The number of nitrogens with zero attached hydrogens (tertiary/aromatic N) is 1. The number of esters is 1. The number of nitrogens with one attached hydrogen (secondary N) is 1. The molecule has 1 rings (SSSR count). The van der Waals surface area contributed by atoms with Crippen molar-refractivity contribution in [1.82, 2.24) is 4.90 Å². The number of amides is 1. The molecule has 6 nitrogen and oxygen atoms in total. The van der Waals surface area contributed by atoms with E-state index < -0.39 is 5.60 Å². The van der Waals surface area contributed by atoms with Gasteiger partial charge in [-0.25, -0.2) is 9.59 Å². The molecule has 0 heterocycles. The van der Waals surface area contributed by atoms with Gasteiger partial charge in [0, 0.05) is 24.3 Å². The summed E-state index contributed by atoms with van der Waals surface area (Å²) >= 11 is 0. The van der Waals surface area contributed by atoms with Gasteiger partial charge in [0.2, 0.25) is 0 Å². The van der Waals surface area contributed by atoms with Crippen LogP contribution in [0.25, 0.3) is 0 Å². The molecule has 0 aliphatic heterocycles. The van der Waals surface area contributed by atoms with Gasteiger partial charge in [0.15, 0.2) is 0 Å². The van der Waals surface area contributed by atoms with Gasteiger partial charge in [0.1, 0.15) is 5.60 Å². The van der Waals surface area contributed by atoms with E-state index >= 15 is 0 Å². The molecule has 0 atom stereocenters. The second kappa shape index (κ2) is 8.23. The molecule has 140 valence electrons. The average molecular weight is 350 g/mol. The fourth-order valence-electron chi connectivity index (χ4n) is 2.17. The van der Waals surface area contributed by atoms with Gasteiger partial charge in [0.05, 0.1) is 12.7 Å². The van der Waals surface area contributed by atoms with Crippen LogP contribution in [-0.4, -0.2) is 48.3 Å². The summed E-state index contributed by atoms with van der Waals surface area (Å²) in [4.78, 5) is 25.6. The molecular weight excluding hydrogens is 320 g/mol. The topological polar surface area (TPSA) is 67.9 Å². The molecule has 0 spiro atoms. The Balaban J connectivity index is 2.66. The first-order chi connectivity index (χ1) is 11.4. The molecule has 1 aromatic carbocycles. The van der Waals surface area contributed by atoms with E-state index in [9.17, 15) is 9.59 Å². The summed E-state index contributed by atoms with van der Waals surface area (Å²) in [6.45, 7) is 12.5. The van der Waals surface area contributed by atoms with Gasteiger partial charge in [-0.15, -0.1) is 0 Å². The van der Waals surface area contributed by atoms with Gasteiger partial charge in [-0.3, -0.25) is 0 Å². The monoisotopic (exact) mass is 350 g/mol. The molecule has 1 amide bonds. The molecule has 6 heteroatoms. The van der Waals surface area contributed by atoms with E-state index in [1.807, 2.05) is 41.5 Å². The second-order valence-corrected chi connectivity index (χ2v) is 7.80. The molecular formula is C19H30N2O4. The van der Waals surface area contributed by atoms with Crippen molar-refractivity contribution in [3.63, 3.8) is 0 Å². The van der Waals surface area contributed by atoms with Crippen molar-refractivity contribution in [2.45, 2.75) is 52.7 Å². The standard InChI is InChI=1S/C19H30N2O4/c1-18(2,3)21(17(23)25-19(4,5)6)13-12-20-15-10-8-14(9-11-15)16(22)24-7/h8-11,20H,12-13H2,1-7H3. The summed E-state index contributed by atoms with van der Waals surface area (Å²) < 4.78 is 10.2. The Hall–Kier alpha value is -2.24. The van der Waals surface area contributed by atoms with Crippen LogP contribution in [0.4, 0.5) is 10.5 Å². The lowest BCUT2D eigenvalue weighted by atomic mass is 10.1. The van der Waals surface area contributed by atoms with Crippen LogP contribution >= 0.6 is 0 Å². The highest BCUT2D eigenvalue weighted by Gasteiger charge is 2.30. The van der Waals surface area contributed by atoms with E-state index in [-0.39, 0.29) is 17.6 Å². The maximum atomic E-state index is 12.4. The molecule has 0 radical (unpaired) electrons. The van der Waals surface area contributed by atoms with E-state index in [0.717, 1.165) is 5.69 Å². The highest BCUT2D eigenvalue weighted by Crippen LogP contribution is 2.18. The highest BCUT2D eigenvalue weighted by atomic mass is 16.6. The number of benzene rings is 1. The maximum absolute atomic E-state index is 12.4. The number of carbonyl (C=O) groups excluding carboxylic acids is 2. The van der Waals surface area contributed by atoms with Crippen molar-refractivity contribution in [1.29, 1.82) is 0 Å². The lowest BCUT2D eigenvalue weighted by Gasteiger charge is -2.37. The minimum absolute atomic E-state index is 0.331. The van der Waals surface area contributed by atoms with Crippen molar-refractivity contribution in [3.05, 3.63) is 29.8 Å². The van der Waals surface area contributed by atoms with Gasteiger partial charge >= 0.3 is 12.1 Å². The first-order valence-electron chi connectivity index (χ1n) is 8.37. The molecule has 0 aliphatic rings. The van der Waals surface area contributed by atoms with Crippen LogP contribution in [0.15, 0.2) is 24.3 Å². The number of anilines is 1. The van der Waals surface area contributed by atoms with Gasteiger partial charge in [-0.2, -0.15) is 0 Å². The zero-order chi connectivity index (χ0) is 19.3. The van der Waals surface area contributed by atoms with Crippen LogP contribution in [0.1, 0.15) is 51.9 Å². The molecule has 0 aromatic heterocycles. The summed E-state index contributed by atoms with van der Waals surface area (Å²) in [5, 5.41) is 3.25. The molecule has 0 bridgehead atoms. The predicted molar refractivity (Wildman–Crippen MR) is 99.0 cm³/mol. The minimum atomic E-state index is -0.530. The number of hydrogen-bond acceptors (Lipinski definition) is 5. The van der Waals surface area contributed by atoms with Crippen molar-refractivity contribution < 1.29 is 19.1 Å². The SMILES string of the molecule is COC(=O)c1ccc(NCCN(C(=O)OC(C)(C)C)C(C)(C)C)cc1. The van der Waals surface area contributed by atoms with Crippen molar-refractivity contribution in [2.75, 3.05) is 25.5 Å². The molecule has 0 saturated heterocycles. The Labute approximate surface area is 150 Å². The molecule has 0 fully saturated rings. The molecule has 0 unspecified atom stereocenters. The summed E-state index contributed by atoms with van der Waals surface area (Å²) in [7, 11) is 1.35. The Kier molecular flexibility index (Phi) is 6.85. The number of hydrogen-bond donors (Lipinski definition) is 1. The summed E-state index contributed by atoms with van der Waals surface area (Å²) in [5.74, 6) is -0.365. The highest BCUT2D eigenvalue weighted by molar-refractivity contribution is 5.89. The second-order valence-electron chi connectivity index (χ2n) is 7.80. The number of ether oxygens (including phenoxy) is 2. The first-order valence-corrected chi connectivity index (χ1v) is 8.37. The number of carbonyl (C=O) groups is 2. The summed E-state index contributed by atoms with van der Waals surface area (Å²) in [5.41, 5.74) is 0.486. The smallest absolute Gasteiger partial charge is 0.410 e. The Bertz CT molecular complexity index is 583. The van der Waals surface area contributed by atoms with Crippen LogP contribution < -0.4 is 5.32 Å². The Morgan fingerprint density at radius 3 is 2.04 bits per heavy atom. The molecule has 1 N–H and O–H groups in total. The van der Waals surface area contributed by atoms with Gasteiger partial charge in [-0.1, -0.05) is 0 Å². The van der Waals surface area contributed by atoms with E-state index in [1.165, 1.54) is 7.11 Å². The van der Waals surface area contributed by atoms with Gasteiger partial charge in [-0.05, 0) is 65.8 Å². The average Bonchev–Trinajstić information content (AvgIpc) is 2.48. The number of rotatable bonds is 5. The van der Waals surface area contributed by atoms with Crippen LogP contribution in [0.3, 0.4) is 0 Å². The van der Waals surface area contributed by atoms with E-state index in [0.29, 0.717) is 18.7 Å². The Morgan fingerprint density at radius 1 is 1.04 bits per heavy atom. The van der Waals surface area contributed by atoms with E-state index in [4.69, 9.17) is 4.74 Å². The third-order valence-electron chi connectivity index (χ3n) is 3.39. The van der Waals surface area contributed by atoms with E-state index in [2.05, 4.69) is 10.1 Å². The fraction of sp³-hybridized carbons (Fsp3) is 0.579. The zero-order valence-corrected chi connectivity index (χ0v) is 16.3. The Morgan fingerprint density at radius 2 is 1.60 bits per heavy atom. The van der Waals surface area contributed by atoms with E-state index in [1.54, 1.807) is 29.2 Å². The number of methoxy groups -OCH3 is 1. The molecule has 1 aromatic rings. The molecule has 0 saturated carbocycles. The largest absolute Gasteiger partial charge is 0.465 e. The lowest BCUT2D eigenvalue weighted by molar-refractivity contribution is 0.00747. The fourth-order valence-corrected chi connectivity index (χ4v) is 2.17. The van der Waals surface area contributed by atoms with Gasteiger partial charge < -0.3 is 19.7 Å². The quantitative estimate of drug-likeness (QED) is 0.815. The van der Waals surface area contributed by atoms with Crippen molar-refractivity contribution in [2.24, 2.45) is 0 Å². The predicted octanol–water partition coefficient (Wildman–Crippen LogP) is 3.92. The third-order valence-corrected chi connectivity index (χ3v) is 3.39. The normalized spacial score (nSPS) is 11.6. The van der Waals surface area contributed by atoms with Crippen molar-refractivity contribution >= 4 is 17.7 Å². The van der Waals surface area contributed by atoms with Crippen molar-refractivity contribution in [3.8, 4) is 0 Å². The van der Waals surface area contributed by atoms with Crippen LogP contribution in [0.5, 0.6) is 0 Å². The molecule has 25 heavy (non-hydrogen) atoms. The maximum Gasteiger partial charge on any atom is 0.410 e. The van der Waals surface area contributed by atoms with Crippen LogP contribution in [-0.2, 0) is 9.47 Å². The van der Waals surface area contributed by atoms with Crippen LogP contribution in [0.2, 0.25) is 0 Å². The first kappa shape index (κ1) is 20.8. The summed E-state index contributed by atoms with van der Waals surface area (Å²) in [6, 6.07) is 7.01. The third kappa shape index (κ3) is 7.03. The lowest BCUT2D eigenvalue weighted by Crippen LogP contribution is -2.49. The summed E-state index contributed by atoms with van der Waals surface area (Å²) in [6.07, 6.45) is -0.331.